The maximum atomic E-state index is 13.6. The highest BCUT2D eigenvalue weighted by Gasteiger charge is 2.14. The molecule has 0 saturated carbocycles. The Morgan fingerprint density at radius 2 is 1.56 bits per heavy atom. The number of rotatable bonds is 2. The maximum Gasteiger partial charge on any atom is 0.161 e. The number of hydrogen-bond acceptors (Lipinski definition) is 1. The summed E-state index contributed by atoms with van der Waals surface area (Å²) >= 11 is 5.78. The van der Waals surface area contributed by atoms with Gasteiger partial charge in [0.05, 0.1) is 6.61 Å². The van der Waals surface area contributed by atoms with Crippen LogP contribution in [0, 0.1) is 17.5 Å². The molecule has 0 aliphatic carbocycles. The number of aliphatic hydroxyl groups is 1. The van der Waals surface area contributed by atoms with Crippen molar-refractivity contribution in [1.82, 2.24) is 0 Å². The highest BCUT2D eigenvalue weighted by molar-refractivity contribution is 6.30. The van der Waals surface area contributed by atoms with Gasteiger partial charge in [0.25, 0.3) is 0 Å². The fourth-order valence-corrected chi connectivity index (χ4v) is 1.84. The molecule has 0 bridgehead atoms. The molecule has 0 aromatic heterocycles. The first-order valence-electron chi connectivity index (χ1n) is 5.07. The molecule has 0 atom stereocenters. The lowest BCUT2D eigenvalue weighted by atomic mass is 9.99. The summed E-state index contributed by atoms with van der Waals surface area (Å²) in [4.78, 5) is 0. The lowest BCUT2D eigenvalue weighted by Gasteiger charge is -2.10. The summed E-state index contributed by atoms with van der Waals surface area (Å²) < 4.78 is 39.6. The molecule has 0 amide bonds. The number of aliphatic hydroxyl groups excluding tert-OH is 1. The fraction of sp³-hybridized carbons (Fsp3) is 0.0769. The first kappa shape index (κ1) is 12.9. The highest BCUT2D eigenvalue weighted by Crippen LogP contribution is 2.30. The third-order valence-corrected chi connectivity index (χ3v) is 2.78. The molecule has 2 rings (SSSR count). The normalized spacial score (nSPS) is 10.7. The molecule has 0 aliphatic heterocycles. The first-order valence-corrected chi connectivity index (χ1v) is 5.45. The Morgan fingerprint density at radius 3 is 2.22 bits per heavy atom. The van der Waals surface area contributed by atoms with Gasteiger partial charge in [-0.05, 0) is 29.3 Å². The molecule has 1 nitrogen and oxygen atoms in total. The van der Waals surface area contributed by atoms with Crippen molar-refractivity contribution in [2.75, 3.05) is 0 Å². The van der Waals surface area contributed by atoms with Crippen molar-refractivity contribution in [2.24, 2.45) is 0 Å². The zero-order valence-electron chi connectivity index (χ0n) is 9.05. The van der Waals surface area contributed by atoms with Gasteiger partial charge in [-0.15, -0.1) is 0 Å². The average Bonchev–Trinajstić information content (AvgIpc) is 2.34. The molecule has 18 heavy (non-hydrogen) atoms. The molecule has 0 heterocycles. The van der Waals surface area contributed by atoms with Gasteiger partial charge in [0.2, 0.25) is 0 Å². The van der Waals surface area contributed by atoms with Gasteiger partial charge in [0.1, 0.15) is 5.82 Å². The van der Waals surface area contributed by atoms with E-state index in [1.165, 1.54) is 18.2 Å². The van der Waals surface area contributed by atoms with E-state index in [1.807, 2.05) is 0 Å². The zero-order valence-corrected chi connectivity index (χ0v) is 9.81. The monoisotopic (exact) mass is 272 g/mol. The van der Waals surface area contributed by atoms with Crippen LogP contribution in [0.2, 0.25) is 5.02 Å². The Balaban J connectivity index is 2.68. The maximum absolute atomic E-state index is 13.6. The zero-order chi connectivity index (χ0) is 13.3. The summed E-state index contributed by atoms with van der Waals surface area (Å²) in [6.07, 6.45) is 0. The molecule has 2 aromatic carbocycles. The van der Waals surface area contributed by atoms with Crippen molar-refractivity contribution < 1.29 is 18.3 Å². The predicted octanol–water partition coefficient (Wildman–Crippen LogP) is 3.92. The van der Waals surface area contributed by atoms with E-state index in [1.54, 1.807) is 0 Å². The summed E-state index contributed by atoms with van der Waals surface area (Å²) in [7, 11) is 0. The van der Waals surface area contributed by atoms with Gasteiger partial charge >= 0.3 is 0 Å². The average molecular weight is 273 g/mol. The largest absolute Gasteiger partial charge is 0.392 e. The fourth-order valence-electron chi connectivity index (χ4n) is 1.67. The van der Waals surface area contributed by atoms with Gasteiger partial charge in [-0.25, -0.2) is 13.2 Å². The van der Waals surface area contributed by atoms with Crippen LogP contribution in [0.5, 0.6) is 0 Å². The second-order valence-corrected chi connectivity index (χ2v) is 4.14. The molecule has 0 saturated heterocycles. The lowest BCUT2D eigenvalue weighted by Crippen LogP contribution is -1.95. The van der Waals surface area contributed by atoms with E-state index in [-0.39, 0.29) is 17.7 Å². The van der Waals surface area contributed by atoms with Crippen LogP contribution in [-0.4, -0.2) is 5.11 Å². The molecule has 1 N–H and O–H groups in total. The van der Waals surface area contributed by atoms with Gasteiger partial charge in [-0.2, -0.15) is 0 Å². The minimum absolute atomic E-state index is 0.138. The van der Waals surface area contributed by atoms with Crippen molar-refractivity contribution >= 4 is 11.6 Å². The molecular formula is C13H8ClF3O. The number of benzene rings is 2. The lowest BCUT2D eigenvalue weighted by molar-refractivity contribution is 0.282. The van der Waals surface area contributed by atoms with E-state index in [4.69, 9.17) is 16.7 Å². The van der Waals surface area contributed by atoms with Gasteiger partial charge in [-0.1, -0.05) is 17.7 Å². The number of halogens is 4. The summed E-state index contributed by atoms with van der Waals surface area (Å²) in [5.74, 6) is -3.33. The third kappa shape index (κ3) is 2.35. The molecule has 0 aliphatic rings. The summed E-state index contributed by atoms with van der Waals surface area (Å²) in [6, 6.07) is 5.62. The Labute approximate surface area is 106 Å². The SMILES string of the molecule is OCc1ccc(Cl)cc1-c1cc(F)c(F)cc1F. The van der Waals surface area contributed by atoms with Crippen LogP contribution in [0.25, 0.3) is 11.1 Å². The minimum atomic E-state index is -1.26. The molecule has 0 fully saturated rings. The van der Waals surface area contributed by atoms with E-state index in [0.717, 1.165) is 6.07 Å². The Bertz CT molecular complexity index is 599. The Kier molecular flexibility index (Phi) is 3.59. The Morgan fingerprint density at radius 1 is 0.889 bits per heavy atom. The van der Waals surface area contributed by atoms with Gasteiger partial charge < -0.3 is 5.11 Å². The highest BCUT2D eigenvalue weighted by atomic mass is 35.5. The third-order valence-electron chi connectivity index (χ3n) is 2.54. The second-order valence-electron chi connectivity index (χ2n) is 3.71. The van der Waals surface area contributed by atoms with Crippen molar-refractivity contribution in [1.29, 1.82) is 0 Å². The van der Waals surface area contributed by atoms with Gasteiger partial charge in [0.15, 0.2) is 11.6 Å². The Hall–Kier alpha value is -1.52. The van der Waals surface area contributed by atoms with E-state index in [2.05, 4.69) is 0 Å². The van der Waals surface area contributed by atoms with Gasteiger partial charge in [-0.3, -0.25) is 0 Å². The molecule has 0 spiro atoms. The van der Waals surface area contributed by atoms with Crippen molar-refractivity contribution in [2.45, 2.75) is 6.61 Å². The van der Waals surface area contributed by atoms with Crippen molar-refractivity contribution in [3.63, 3.8) is 0 Å². The van der Waals surface area contributed by atoms with Crippen LogP contribution in [0.3, 0.4) is 0 Å². The van der Waals surface area contributed by atoms with E-state index in [0.29, 0.717) is 16.7 Å². The summed E-state index contributed by atoms with van der Waals surface area (Å²) in [6.45, 7) is -0.356. The minimum Gasteiger partial charge on any atom is -0.392 e. The topological polar surface area (TPSA) is 20.2 Å². The quantitative estimate of drug-likeness (QED) is 0.822. The smallest absolute Gasteiger partial charge is 0.161 e. The molecule has 5 heteroatoms. The predicted molar refractivity (Wildman–Crippen MR) is 62.7 cm³/mol. The van der Waals surface area contributed by atoms with E-state index < -0.39 is 17.5 Å². The van der Waals surface area contributed by atoms with Crippen LogP contribution in [0.1, 0.15) is 5.56 Å². The van der Waals surface area contributed by atoms with Crippen LogP contribution in [0.15, 0.2) is 30.3 Å². The molecule has 0 radical (unpaired) electrons. The van der Waals surface area contributed by atoms with Crippen molar-refractivity contribution in [3.8, 4) is 11.1 Å². The van der Waals surface area contributed by atoms with Gasteiger partial charge in [0, 0.05) is 16.7 Å². The second kappa shape index (κ2) is 5.00. The number of hydrogen-bond donors (Lipinski definition) is 1. The van der Waals surface area contributed by atoms with Crippen LogP contribution < -0.4 is 0 Å². The molecule has 2 aromatic rings. The standard InChI is InChI=1S/C13H8ClF3O/c14-8-2-1-7(6-18)9(3-8)10-4-12(16)13(17)5-11(10)15/h1-5,18H,6H2. The van der Waals surface area contributed by atoms with E-state index >= 15 is 0 Å². The van der Waals surface area contributed by atoms with Crippen LogP contribution in [-0.2, 0) is 6.61 Å². The molecule has 0 unspecified atom stereocenters. The van der Waals surface area contributed by atoms with Crippen LogP contribution >= 0.6 is 11.6 Å². The summed E-state index contributed by atoms with van der Waals surface area (Å²) in [5, 5.41) is 9.46. The summed E-state index contributed by atoms with van der Waals surface area (Å²) in [5.41, 5.74) is 0.478. The first-order chi connectivity index (χ1) is 8.52. The molecular weight excluding hydrogens is 265 g/mol. The van der Waals surface area contributed by atoms with Crippen LogP contribution in [0.4, 0.5) is 13.2 Å². The van der Waals surface area contributed by atoms with E-state index in [9.17, 15) is 13.2 Å². The molecule has 94 valence electrons. The van der Waals surface area contributed by atoms with Crippen molar-refractivity contribution in [3.05, 3.63) is 58.4 Å².